The molecule has 0 radical (unpaired) electrons. The smallest absolute Gasteiger partial charge is 0.278 e. The summed E-state index contributed by atoms with van der Waals surface area (Å²) in [6, 6.07) is 16.8. The van der Waals surface area contributed by atoms with Crippen LogP contribution in [0.15, 0.2) is 60.3 Å². The molecular formula is C22H22N2O4. The lowest BCUT2D eigenvalue weighted by molar-refractivity contribution is -0.138. The van der Waals surface area contributed by atoms with Gasteiger partial charge in [-0.3, -0.25) is 14.5 Å². The predicted molar refractivity (Wildman–Crippen MR) is 104 cm³/mol. The first-order valence-electron chi connectivity index (χ1n) is 9.30. The van der Waals surface area contributed by atoms with Gasteiger partial charge in [0.25, 0.3) is 11.8 Å². The molecule has 28 heavy (non-hydrogen) atoms. The monoisotopic (exact) mass is 378 g/mol. The predicted octanol–water partition coefficient (Wildman–Crippen LogP) is 2.31. The van der Waals surface area contributed by atoms with E-state index in [2.05, 4.69) is 0 Å². The summed E-state index contributed by atoms with van der Waals surface area (Å²) >= 11 is 0. The Balaban J connectivity index is 1.68. The fourth-order valence-corrected chi connectivity index (χ4v) is 3.57. The number of nitrogens with zero attached hydrogens (tertiary/aromatic N) is 2. The summed E-state index contributed by atoms with van der Waals surface area (Å²) in [6.07, 6.45) is 0. The lowest BCUT2D eigenvalue weighted by atomic mass is 10.0. The van der Waals surface area contributed by atoms with Crippen LogP contribution in [-0.4, -0.2) is 55.0 Å². The average molecular weight is 378 g/mol. The van der Waals surface area contributed by atoms with Crippen molar-refractivity contribution in [3.63, 3.8) is 0 Å². The normalized spacial score (nSPS) is 17.5. The second-order valence-electron chi connectivity index (χ2n) is 6.73. The highest BCUT2D eigenvalue weighted by Gasteiger charge is 2.41. The van der Waals surface area contributed by atoms with Gasteiger partial charge < -0.3 is 14.4 Å². The summed E-state index contributed by atoms with van der Waals surface area (Å²) in [5.41, 5.74) is 2.59. The molecule has 0 atom stereocenters. The summed E-state index contributed by atoms with van der Waals surface area (Å²) in [5.74, 6) is 0.231. The minimum Gasteiger partial charge on any atom is -0.497 e. The molecule has 2 aromatic rings. The first-order valence-corrected chi connectivity index (χ1v) is 9.30. The van der Waals surface area contributed by atoms with Gasteiger partial charge in [-0.2, -0.15) is 0 Å². The van der Waals surface area contributed by atoms with Crippen LogP contribution in [0.1, 0.15) is 11.1 Å². The van der Waals surface area contributed by atoms with Crippen molar-refractivity contribution in [1.29, 1.82) is 0 Å². The van der Waals surface area contributed by atoms with Crippen LogP contribution in [0.5, 0.6) is 5.75 Å². The fraction of sp³-hybridized carbons (Fsp3) is 0.273. The molecule has 0 N–H and O–H groups in total. The standard InChI is InChI=1S/C22H22N2O4/c1-27-18-9-7-16(8-10-18)15-24-21(25)19(17-5-3-2-4-6-17)20(22(24)26)23-11-13-28-14-12-23/h2-10H,11-15H2,1H3. The number of carbonyl (C=O) groups is 2. The first kappa shape index (κ1) is 18.3. The number of imide groups is 1. The van der Waals surface area contributed by atoms with Gasteiger partial charge in [0.05, 0.1) is 32.4 Å². The maximum atomic E-state index is 13.3. The zero-order valence-corrected chi connectivity index (χ0v) is 15.8. The molecule has 2 aromatic carbocycles. The quantitative estimate of drug-likeness (QED) is 0.748. The summed E-state index contributed by atoms with van der Waals surface area (Å²) in [4.78, 5) is 29.8. The molecule has 2 heterocycles. The Labute approximate surface area is 164 Å². The Morgan fingerprint density at radius 3 is 2.25 bits per heavy atom. The molecular weight excluding hydrogens is 356 g/mol. The SMILES string of the molecule is COc1ccc(CN2C(=O)C(c3ccccc3)=C(N3CCOCC3)C2=O)cc1. The van der Waals surface area contributed by atoms with Gasteiger partial charge in [-0.05, 0) is 23.3 Å². The van der Waals surface area contributed by atoms with Gasteiger partial charge in [0.2, 0.25) is 0 Å². The van der Waals surface area contributed by atoms with Gasteiger partial charge in [0.1, 0.15) is 11.4 Å². The third-order valence-electron chi connectivity index (χ3n) is 5.03. The van der Waals surface area contributed by atoms with E-state index in [1.165, 1.54) is 4.90 Å². The third-order valence-corrected chi connectivity index (χ3v) is 5.03. The van der Waals surface area contributed by atoms with E-state index in [1.807, 2.05) is 59.5 Å². The van der Waals surface area contributed by atoms with Crippen LogP contribution in [0.3, 0.4) is 0 Å². The summed E-state index contributed by atoms with van der Waals surface area (Å²) in [7, 11) is 1.60. The zero-order chi connectivity index (χ0) is 19.5. The van der Waals surface area contributed by atoms with E-state index in [-0.39, 0.29) is 18.4 Å². The van der Waals surface area contributed by atoms with Gasteiger partial charge in [0.15, 0.2) is 0 Å². The number of benzene rings is 2. The van der Waals surface area contributed by atoms with Crippen molar-refractivity contribution in [2.75, 3.05) is 33.4 Å². The fourth-order valence-electron chi connectivity index (χ4n) is 3.57. The van der Waals surface area contributed by atoms with Crippen LogP contribution in [0, 0.1) is 0 Å². The minimum absolute atomic E-state index is 0.228. The Bertz CT molecular complexity index is 900. The van der Waals surface area contributed by atoms with Gasteiger partial charge in [-0.15, -0.1) is 0 Å². The molecule has 0 saturated carbocycles. The molecule has 0 aliphatic carbocycles. The van der Waals surface area contributed by atoms with Crippen LogP contribution < -0.4 is 4.74 Å². The molecule has 0 bridgehead atoms. The number of morpholine rings is 1. The van der Waals surface area contributed by atoms with Crippen molar-refractivity contribution < 1.29 is 19.1 Å². The molecule has 4 rings (SSSR count). The van der Waals surface area contributed by atoms with E-state index < -0.39 is 0 Å². The number of ether oxygens (including phenoxy) is 2. The van der Waals surface area contributed by atoms with Gasteiger partial charge >= 0.3 is 0 Å². The van der Waals surface area contributed by atoms with Crippen molar-refractivity contribution in [2.45, 2.75) is 6.54 Å². The zero-order valence-electron chi connectivity index (χ0n) is 15.8. The second-order valence-corrected chi connectivity index (χ2v) is 6.73. The van der Waals surface area contributed by atoms with E-state index in [0.29, 0.717) is 37.6 Å². The number of methoxy groups -OCH3 is 1. The number of rotatable bonds is 5. The molecule has 0 aromatic heterocycles. The van der Waals surface area contributed by atoms with E-state index >= 15 is 0 Å². The highest BCUT2D eigenvalue weighted by atomic mass is 16.5. The Morgan fingerprint density at radius 2 is 1.61 bits per heavy atom. The number of hydrogen-bond acceptors (Lipinski definition) is 5. The minimum atomic E-state index is -0.256. The van der Waals surface area contributed by atoms with E-state index in [1.54, 1.807) is 7.11 Å². The molecule has 144 valence electrons. The molecule has 2 aliphatic heterocycles. The van der Waals surface area contributed by atoms with Crippen LogP contribution in [-0.2, 0) is 20.9 Å². The highest BCUT2D eigenvalue weighted by Crippen LogP contribution is 2.33. The lowest BCUT2D eigenvalue weighted by Crippen LogP contribution is -2.40. The second kappa shape index (κ2) is 7.86. The van der Waals surface area contributed by atoms with Crippen LogP contribution in [0.4, 0.5) is 0 Å². The Morgan fingerprint density at radius 1 is 0.929 bits per heavy atom. The van der Waals surface area contributed by atoms with Crippen molar-refractivity contribution in [2.24, 2.45) is 0 Å². The van der Waals surface area contributed by atoms with Crippen molar-refractivity contribution in [3.05, 3.63) is 71.4 Å². The molecule has 2 amide bonds. The third kappa shape index (κ3) is 3.39. The summed E-state index contributed by atoms with van der Waals surface area (Å²) < 4.78 is 10.6. The summed E-state index contributed by atoms with van der Waals surface area (Å²) in [6.45, 7) is 2.52. The van der Waals surface area contributed by atoms with Crippen LogP contribution >= 0.6 is 0 Å². The van der Waals surface area contributed by atoms with Crippen molar-refractivity contribution in [3.8, 4) is 5.75 Å². The average Bonchev–Trinajstić information content (AvgIpc) is 3.00. The highest BCUT2D eigenvalue weighted by molar-refractivity contribution is 6.35. The molecule has 1 saturated heterocycles. The van der Waals surface area contributed by atoms with E-state index in [9.17, 15) is 9.59 Å². The number of amides is 2. The number of hydrogen-bond donors (Lipinski definition) is 0. The number of carbonyl (C=O) groups excluding carboxylic acids is 2. The van der Waals surface area contributed by atoms with Crippen LogP contribution in [0.25, 0.3) is 5.57 Å². The maximum Gasteiger partial charge on any atom is 0.278 e. The first-order chi connectivity index (χ1) is 13.7. The molecule has 0 spiro atoms. The molecule has 0 unspecified atom stereocenters. The van der Waals surface area contributed by atoms with Crippen molar-refractivity contribution in [1.82, 2.24) is 9.80 Å². The largest absolute Gasteiger partial charge is 0.497 e. The molecule has 6 nitrogen and oxygen atoms in total. The lowest BCUT2D eigenvalue weighted by Gasteiger charge is -2.29. The van der Waals surface area contributed by atoms with E-state index in [4.69, 9.17) is 9.47 Å². The van der Waals surface area contributed by atoms with Gasteiger partial charge in [0, 0.05) is 13.1 Å². The van der Waals surface area contributed by atoms with Gasteiger partial charge in [-0.1, -0.05) is 42.5 Å². The Kier molecular flexibility index (Phi) is 5.12. The van der Waals surface area contributed by atoms with Crippen molar-refractivity contribution >= 4 is 17.4 Å². The molecule has 1 fully saturated rings. The van der Waals surface area contributed by atoms with Gasteiger partial charge in [-0.25, -0.2) is 0 Å². The van der Waals surface area contributed by atoms with E-state index in [0.717, 1.165) is 16.9 Å². The molecule has 6 heteroatoms. The maximum absolute atomic E-state index is 13.3. The Hall–Kier alpha value is -3.12. The topological polar surface area (TPSA) is 59.1 Å². The summed E-state index contributed by atoms with van der Waals surface area (Å²) in [5, 5.41) is 0. The van der Waals surface area contributed by atoms with Crippen LogP contribution in [0.2, 0.25) is 0 Å². The molecule has 2 aliphatic rings.